The molecule has 0 aliphatic carbocycles. The molecule has 0 saturated heterocycles. The van der Waals surface area contributed by atoms with Gasteiger partial charge in [0.05, 0.1) is 12.0 Å². The van der Waals surface area contributed by atoms with Gasteiger partial charge in [-0.3, -0.25) is 0 Å². The zero-order chi connectivity index (χ0) is 14.9. The Balaban J connectivity index is 1.54. The van der Waals surface area contributed by atoms with E-state index in [9.17, 15) is 0 Å². The van der Waals surface area contributed by atoms with Gasteiger partial charge in [-0.2, -0.15) is 11.8 Å². The highest BCUT2D eigenvalue weighted by atomic mass is 79.9. The number of anilines is 1. The van der Waals surface area contributed by atoms with Gasteiger partial charge in [0.15, 0.2) is 5.11 Å². The molecule has 0 radical (unpaired) electrons. The summed E-state index contributed by atoms with van der Waals surface area (Å²) in [5, 5.41) is 7.03. The maximum atomic E-state index is 5.28. The summed E-state index contributed by atoms with van der Waals surface area (Å²) >= 11 is 10.5. The predicted molar refractivity (Wildman–Crippen MR) is 97.9 cm³/mol. The van der Waals surface area contributed by atoms with Crippen LogP contribution in [0.3, 0.4) is 0 Å². The number of rotatable bonds is 7. The first-order chi connectivity index (χ1) is 10.2. The second-order valence-corrected chi connectivity index (χ2v) is 6.80. The Morgan fingerprint density at radius 3 is 2.76 bits per heavy atom. The maximum Gasteiger partial charge on any atom is 0.170 e. The van der Waals surface area contributed by atoms with Crippen LogP contribution in [0, 0.1) is 0 Å². The first-order valence-corrected chi connectivity index (χ1v) is 9.00. The van der Waals surface area contributed by atoms with Crippen LogP contribution in [0.25, 0.3) is 0 Å². The molecule has 0 unspecified atom stereocenters. The highest BCUT2D eigenvalue weighted by molar-refractivity contribution is 9.10. The highest BCUT2D eigenvalue weighted by Gasteiger charge is 1.98. The van der Waals surface area contributed by atoms with E-state index in [1.807, 2.05) is 48.2 Å². The van der Waals surface area contributed by atoms with Crippen molar-refractivity contribution in [3.63, 3.8) is 0 Å². The highest BCUT2D eigenvalue weighted by Crippen LogP contribution is 2.14. The molecule has 1 aromatic heterocycles. The molecule has 1 aromatic carbocycles. The molecule has 0 spiro atoms. The SMILES string of the molecule is S=C(NCCCSCc1ccco1)Nc1ccc(Br)cc1. The van der Waals surface area contributed by atoms with Gasteiger partial charge < -0.3 is 15.1 Å². The van der Waals surface area contributed by atoms with Crippen LogP contribution in [0.15, 0.2) is 51.6 Å². The lowest BCUT2D eigenvalue weighted by Crippen LogP contribution is -2.29. The van der Waals surface area contributed by atoms with Crippen molar-refractivity contribution in [1.29, 1.82) is 0 Å². The molecule has 0 atom stereocenters. The standard InChI is InChI=1S/C15H17BrN2OS2/c16-12-4-6-13(7-5-12)18-15(20)17-8-2-10-21-11-14-3-1-9-19-14/h1,3-7,9H,2,8,10-11H2,(H2,17,18,20). The molecule has 3 nitrogen and oxygen atoms in total. The molecule has 112 valence electrons. The molecule has 0 amide bonds. The number of thioether (sulfide) groups is 1. The number of hydrogen-bond donors (Lipinski definition) is 2. The quantitative estimate of drug-likeness (QED) is 0.536. The third-order valence-electron chi connectivity index (χ3n) is 2.68. The van der Waals surface area contributed by atoms with Crippen LogP contribution in [-0.4, -0.2) is 17.4 Å². The van der Waals surface area contributed by atoms with Crippen molar-refractivity contribution in [3.8, 4) is 0 Å². The minimum absolute atomic E-state index is 0.661. The van der Waals surface area contributed by atoms with Crippen molar-refractivity contribution < 1.29 is 4.42 Å². The zero-order valence-electron chi connectivity index (χ0n) is 11.5. The summed E-state index contributed by atoms with van der Waals surface area (Å²) < 4.78 is 6.34. The number of halogens is 1. The van der Waals surface area contributed by atoms with Gasteiger partial charge in [0.2, 0.25) is 0 Å². The second kappa shape index (κ2) is 9.12. The first-order valence-electron chi connectivity index (χ1n) is 6.64. The zero-order valence-corrected chi connectivity index (χ0v) is 14.7. The van der Waals surface area contributed by atoms with Gasteiger partial charge in [-0.15, -0.1) is 0 Å². The van der Waals surface area contributed by atoms with Crippen molar-refractivity contribution in [2.45, 2.75) is 12.2 Å². The van der Waals surface area contributed by atoms with Crippen LogP contribution >= 0.6 is 39.9 Å². The lowest BCUT2D eigenvalue weighted by molar-refractivity contribution is 0.530. The Kier molecular flexibility index (Phi) is 7.12. The third-order valence-corrected chi connectivity index (χ3v) is 4.52. The first kappa shape index (κ1) is 16.4. The Hall–Kier alpha value is -0.980. The lowest BCUT2D eigenvalue weighted by Gasteiger charge is -2.10. The lowest BCUT2D eigenvalue weighted by atomic mass is 10.3. The average molecular weight is 385 g/mol. The van der Waals surface area contributed by atoms with E-state index in [4.69, 9.17) is 16.6 Å². The summed E-state index contributed by atoms with van der Waals surface area (Å²) in [5.74, 6) is 3.03. The van der Waals surface area contributed by atoms with E-state index >= 15 is 0 Å². The fraction of sp³-hybridized carbons (Fsp3) is 0.267. The molecule has 0 aliphatic rings. The average Bonchev–Trinajstić information content (AvgIpc) is 2.98. The van der Waals surface area contributed by atoms with Crippen LogP contribution in [-0.2, 0) is 5.75 Å². The topological polar surface area (TPSA) is 37.2 Å². The van der Waals surface area contributed by atoms with E-state index in [0.29, 0.717) is 5.11 Å². The molecule has 6 heteroatoms. The summed E-state index contributed by atoms with van der Waals surface area (Å²) in [4.78, 5) is 0. The summed E-state index contributed by atoms with van der Waals surface area (Å²) in [7, 11) is 0. The third kappa shape index (κ3) is 6.54. The van der Waals surface area contributed by atoms with Crippen LogP contribution < -0.4 is 10.6 Å². The molecule has 21 heavy (non-hydrogen) atoms. The molecular formula is C15H17BrN2OS2. The van der Waals surface area contributed by atoms with Crippen LogP contribution in [0.5, 0.6) is 0 Å². The van der Waals surface area contributed by atoms with E-state index in [1.165, 1.54) is 0 Å². The van der Waals surface area contributed by atoms with Gasteiger partial charge in [-0.1, -0.05) is 15.9 Å². The fourth-order valence-electron chi connectivity index (χ4n) is 1.65. The normalized spacial score (nSPS) is 10.3. The van der Waals surface area contributed by atoms with E-state index < -0.39 is 0 Å². The number of benzene rings is 1. The van der Waals surface area contributed by atoms with Gasteiger partial charge in [0, 0.05) is 16.7 Å². The minimum atomic E-state index is 0.661. The Bertz CT molecular complexity index is 543. The molecule has 1 heterocycles. The number of thiocarbonyl (C=S) groups is 1. The van der Waals surface area contributed by atoms with Gasteiger partial charge in [0.1, 0.15) is 5.76 Å². The number of nitrogens with one attached hydrogen (secondary N) is 2. The Morgan fingerprint density at radius 1 is 1.24 bits per heavy atom. The largest absolute Gasteiger partial charge is 0.468 e. The molecule has 0 bridgehead atoms. The summed E-state index contributed by atoms with van der Waals surface area (Å²) in [6.45, 7) is 0.869. The van der Waals surface area contributed by atoms with E-state index in [2.05, 4.69) is 26.6 Å². The van der Waals surface area contributed by atoms with Gasteiger partial charge in [0.25, 0.3) is 0 Å². The number of hydrogen-bond acceptors (Lipinski definition) is 3. The van der Waals surface area contributed by atoms with Gasteiger partial charge in [-0.05, 0) is 60.8 Å². The molecule has 0 saturated carbocycles. The van der Waals surface area contributed by atoms with Crippen molar-refractivity contribution in [2.24, 2.45) is 0 Å². The summed E-state index contributed by atoms with van der Waals surface area (Å²) in [6, 6.07) is 11.9. The van der Waals surface area contributed by atoms with Crippen LogP contribution in [0.1, 0.15) is 12.2 Å². The molecular weight excluding hydrogens is 368 g/mol. The monoisotopic (exact) mass is 384 g/mol. The Morgan fingerprint density at radius 2 is 2.05 bits per heavy atom. The number of furan rings is 1. The molecule has 2 rings (SSSR count). The summed E-state index contributed by atoms with van der Waals surface area (Å²) in [6.07, 6.45) is 2.78. The van der Waals surface area contributed by atoms with Crippen molar-refractivity contribution in [1.82, 2.24) is 5.32 Å². The van der Waals surface area contributed by atoms with Crippen molar-refractivity contribution in [3.05, 3.63) is 52.9 Å². The smallest absolute Gasteiger partial charge is 0.170 e. The van der Waals surface area contributed by atoms with Gasteiger partial charge in [-0.25, -0.2) is 0 Å². The molecule has 0 fully saturated rings. The van der Waals surface area contributed by atoms with Crippen LogP contribution in [0.4, 0.5) is 5.69 Å². The predicted octanol–water partition coefficient (Wildman–Crippen LogP) is 4.65. The molecule has 2 aromatic rings. The van der Waals surface area contributed by atoms with E-state index in [-0.39, 0.29) is 0 Å². The molecule has 0 aliphatic heterocycles. The van der Waals surface area contributed by atoms with Gasteiger partial charge >= 0.3 is 0 Å². The fourth-order valence-corrected chi connectivity index (χ4v) is 2.99. The van der Waals surface area contributed by atoms with E-state index in [0.717, 1.165) is 40.4 Å². The Labute approximate surface area is 143 Å². The second-order valence-electron chi connectivity index (χ2n) is 4.37. The maximum absolute atomic E-state index is 5.28. The van der Waals surface area contributed by atoms with E-state index in [1.54, 1.807) is 6.26 Å². The van der Waals surface area contributed by atoms with Crippen molar-refractivity contribution >= 4 is 50.7 Å². The summed E-state index contributed by atoms with van der Waals surface area (Å²) in [5.41, 5.74) is 0.989. The van der Waals surface area contributed by atoms with Crippen LogP contribution in [0.2, 0.25) is 0 Å². The molecule has 2 N–H and O–H groups in total. The minimum Gasteiger partial charge on any atom is -0.468 e. The van der Waals surface area contributed by atoms with Crippen molar-refractivity contribution in [2.75, 3.05) is 17.6 Å².